The summed E-state index contributed by atoms with van der Waals surface area (Å²) >= 11 is 1.78. The molecule has 1 aliphatic rings. The van der Waals surface area contributed by atoms with Gasteiger partial charge in [0.15, 0.2) is 0 Å². The van der Waals surface area contributed by atoms with Crippen LogP contribution < -0.4 is 0 Å². The molecule has 0 aliphatic carbocycles. The van der Waals surface area contributed by atoms with E-state index in [1.165, 1.54) is 0 Å². The number of hydrogen-bond acceptors (Lipinski definition) is 5. The molecule has 1 unspecified atom stereocenters. The van der Waals surface area contributed by atoms with Crippen molar-refractivity contribution in [3.8, 4) is 0 Å². The van der Waals surface area contributed by atoms with Gasteiger partial charge in [-0.25, -0.2) is 0 Å². The third-order valence-electron chi connectivity index (χ3n) is 1.80. The van der Waals surface area contributed by atoms with E-state index in [2.05, 4.69) is 0 Å². The van der Waals surface area contributed by atoms with Crippen molar-refractivity contribution in [2.45, 2.75) is 28.9 Å². The molecule has 1 aliphatic heterocycles. The summed E-state index contributed by atoms with van der Waals surface area (Å²) in [7, 11) is 0. The Labute approximate surface area is 80.9 Å². The Morgan fingerprint density at radius 1 is 1.08 bits per heavy atom. The van der Waals surface area contributed by atoms with Gasteiger partial charge in [0, 0.05) is 0 Å². The van der Waals surface area contributed by atoms with E-state index in [9.17, 15) is 15.3 Å². The molecule has 5 atom stereocenters. The van der Waals surface area contributed by atoms with Crippen molar-refractivity contribution in [1.82, 2.24) is 0 Å². The van der Waals surface area contributed by atoms with Gasteiger partial charge < -0.3 is 0 Å². The molecule has 1 saturated heterocycles. The maximum absolute atomic E-state index is 9.23. The molecule has 6 heteroatoms. The van der Waals surface area contributed by atoms with Crippen LogP contribution in [-0.2, 0) is 24.6 Å². The number of aliphatic hydroxyl groups excluding tert-OH is 4. The molecule has 0 saturated carbocycles. The second kappa shape index (κ2) is 4.13. The fourth-order valence-corrected chi connectivity index (χ4v) is 1.88. The first-order chi connectivity index (χ1) is 5.57. The van der Waals surface area contributed by atoms with Crippen LogP contribution in [0.5, 0.6) is 0 Å². The second-order valence-electron chi connectivity index (χ2n) is 2.64. The Balaban J connectivity index is 2.63. The molecular formula is C6H11O5Pt. The van der Waals surface area contributed by atoms with Gasteiger partial charge in [0.1, 0.15) is 0 Å². The van der Waals surface area contributed by atoms with Crippen molar-refractivity contribution in [1.29, 1.82) is 0 Å². The van der Waals surface area contributed by atoms with Gasteiger partial charge in [-0.15, -0.1) is 0 Å². The Morgan fingerprint density at radius 3 is 2.17 bits per heavy atom. The third-order valence-corrected chi connectivity index (χ3v) is 2.89. The van der Waals surface area contributed by atoms with Crippen LogP contribution in [0.4, 0.5) is 0 Å². The second-order valence-corrected chi connectivity index (χ2v) is 3.94. The molecule has 4 N–H and O–H groups in total. The van der Waals surface area contributed by atoms with Crippen molar-refractivity contribution in [2.75, 3.05) is 6.61 Å². The molecule has 1 rings (SSSR count). The summed E-state index contributed by atoms with van der Waals surface area (Å²) in [6.45, 7) is -0.370. The van der Waals surface area contributed by atoms with Crippen molar-refractivity contribution in [3.05, 3.63) is 0 Å². The average Bonchev–Trinajstić information content (AvgIpc) is 2.08. The molecule has 1 fully saturated rings. The standard InChI is InChI=1S/C6H11O5.Pt/c7-1-4-6(10)5(9)3(8)2-11-4;/h2-10H,1H2;/t3-,4+,5+,6+;/m0./s1. The predicted octanol–water partition coefficient (Wildman–Crippen LogP) is -2.67. The van der Waals surface area contributed by atoms with E-state index in [1.54, 1.807) is 19.8 Å². The molecule has 0 radical (unpaired) electrons. The van der Waals surface area contributed by atoms with Gasteiger partial charge in [-0.1, -0.05) is 0 Å². The Hall–Kier alpha value is 0.488. The van der Waals surface area contributed by atoms with Crippen LogP contribution >= 0.6 is 0 Å². The van der Waals surface area contributed by atoms with E-state index in [1.807, 2.05) is 0 Å². The maximum atomic E-state index is 9.23. The first-order valence-electron chi connectivity index (χ1n) is 3.49. The molecular weight excluding hydrogens is 347 g/mol. The van der Waals surface area contributed by atoms with E-state index in [0.29, 0.717) is 0 Å². The fraction of sp³-hybridized carbons (Fsp3) is 1.00. The molecule has 12 heavy (non-hydrogen) atoms. The average molecular weight is 358 g/mol. The quantitative estimate of drug-likeness (QED) is 0.411. The molecule has 0 aromatic carbocycles. The predicted molar refractivity (Wildman–Crippen MR) is 33.8 cm³/mol. The minimum absolute atomic E-state index is 0.370. The molecule has 5 nitrogen and oxygen atoms in total. The normalized spacial score (nSPS) is 49.3. The minimum atomic E-state index is -1.25. The van der Waals surface area contributed by atoms with Gasteiger partial charge >= 0.3 is 80.5 Å². The molecule has 0 aromatic rings. The van der Waals surface area contributed by atoms with Crippen LogP contribution in [0.2, 0.25) is 0 Å². The number of rotatable bonds is 1. The zero-order valence-electron chi connectivity index (χ0n) is 6.11. The third kappa shape index (κ3) is 1.87. The summed E-state index contributed by atoms with van der Waals surface area (Å²) in [6.07, 6.45) is -4.40. The summed E-state index contributed by atoms with van der Waals surface area (Å²) in [5.74, 6) is 0. The monoisotopic (exact) mass is 358 g/mol. The molecule has 75 valence electrons. The van der Waals surface area contributed by atoms with E-state index in [4.69, 9.17) is 9.84 Å². The van der Waals surface area contributed by atoms with Crippen LogP contribution in [0, 0.1) is 0 Å². The zero-order valence-corrected chi connectivity index (χ0v) is 8.38. The van der Waals surface area contributed by atoms with Gasteiger partial charge in [-0.05, 0) is 0 Å². The van der Waals surface area contributed by atoms with E-state index in [-0.39, 0.29) is 6.61 Å². The van der Waals surface area contributed by atoms with Crippen LogP contribution in [0.3, 0.4) is 0 Å². The summed E-state index contributed by atoms with van der Waals surface area (Å²) in [4.78, 5) is 0. The van der Waals surface area contributed by atoms with Gasteiger partial charge in [0.2, 0.25) is 0 Å². The Kier molecular flexibility index (Phi) is 3.64. The Morgan fingerprint density at radius 2 is 1.67 bits per heavy atom. The van der Waals surface area contributed by atoms with Crippen molar-refractivity contribution in [2.24, 2.45) is 0 Å². The van der Waals surface area contributed by atoms with Crippen LogP contribution in [-0.4, -0.2) is 55.9 Å². The fourth-order valence-electron chi connectivity index (χ4n) is 1.03. The number of ether oxygens (including phenoxy) is 1. The van der Waals surface area contributed by atoms with Gasteiger partial charge in [0.05, 0.1) is 0 Å². The first kappa shape index (κ1) is 10.6. The molecule has 0 bridgehead atoms. The Bertz CT molecular complexity index is 150. The molecule has 1 heterocycles. The summed E-state index contributed by atoms with van der Waals surface area (Å²) < 4.78 is 4.41. The van der Waals surface area contributed by atoms with Crippen LogP contribution in [0.15, 0.2) is 0 Å². The van der Waals surface area contributed by atoms with Crippen molar-refractivity contribution in [3.63, 3.8) is 0 Å². The molecule has 0 aromatic heterocycles. The SMILES string of the molecule is OC[C@H]1O[CH]([Pt])[C@H](O)[C@@H](O)[C@@H]1O. The van der Waals surface area contributed by atoms with Crippen molar-refractivity contribution >= 4 is 0 Å². The van der Waals surface area contributed by atoms with E-state index in [0.717, 1.165) is 0 Å². The summed E-state index contributed by atoms with van der Waals surface area (Å²) in [6, 6.07) is 0. The number of hydrogen-bond donors (Lipinski definition) is 4. The summed E-state index contributed by atoms with van der Waals surface area (Å²) in [5.41, 5.74) is 0. The van der Waals surface area contributed by atoms with Gasteiger partial charge in [-0.3, -0.25) is 0 Å². The number of aliphatic hydroxyl groups is 4. The topological polar surface area (TPSA) is 90.2 Å². The van der Waals surface area contributed by atoms with Gasteiger partial charge in [0.25, 0.3) is 0 Å². The summed E-state index contributed by atoms with van der Waals surface area (Å²) in [5, 5.41) is 36.4. The van der Waals surface area contributed by atoms with Crippen LogP contribution in [0.25, 0.3) is 0 Å². The van der Waals surface area contributed by atoms with Gasteiger partial charge in [-0.2, -0.15) is 0 Å². The molecule has 0 spiro atoms. The van der Waals surface area contributed by atoms with E-state index < -0.39 is 28.9 Å². The van der Waals surface area contributed by atoms with Crippen molar-refractivity contribution < 1.29 is 45.0 Å². The molecule has 0 amide bonds. The van der Waals surface area contributed by atoms with E-state index >= 15 is 0 Å². The zero-order chi connectivity index (χ0) is 9.30. The van der Waals surface area contributed by atoms with Crippen LogP contribution in [0.1, 0.15) is 0 Å². The first-order valence-corrected chi connectivity index (χ1v) is 4.80.